The average molecular weight is 245 g/mol. The largest absolute Gasteiger partial charge is 0.316 e. The average Bonchev–Trinajstić information content (AvgIpc) is 2.46. The first kappa shape index (κ1) is 13.3. The summed E-state index contributed by atoms with van der Waals surface area (Å²) in [7, 11) is 0. The number of nitrogens with one attached hydrogen (secondary N) is 1. The maximum atomic E-state index is 12.1. The Kier molecular flexibility index (Phi) is 4.94. The van der Waals surface area contributed by atoms with Gasteiger partial charge in [-0.15, -0.1) is 0 Å². The van der Waals surface area contributed by atoms with Crippen LogP contribution < -0.4 is 5.32 Å². The lowest BCUT2D eigenvalue weighted by atomic mass is 9.92. The van der Waals surface area contributed by atoms with Crippen molar-refractivity contribution < 1.29 is 4.79 Å². The van der Waals surface area contributed by atoms with Crippen molar-refractivity contribution in [3.05, 3.63) is 35.4 Å². The van der Waals surface area contributed by atoms with Crippen molar-refractivity contribution in [3.63, 3.8) is 0 Å². The number of rotatable bonds is 5. The standard InChI is InChI=1S/C16H23NO/c1-2-13-5-3-7-15(11-13)16(18)9-8-14-6-4-10-17-12-14/h3,5,7,11,14,17H,2,4,6,8-10,12H2,1H3. The highest BCUT2D eigenvalue weighted by molar-refractivity contribution is 5.96. The molecule has 1 heterocycles. The zero-order valence-corrected chi connectivity index (χ0v) is 11.2. The lowest BCUT2D eigenvalue weighted by Gasteiger charge is -2.22. The molecule has 1 aromatic rings. The molecule has 1 saturated heterocycles. The van der Waals surface area contributed by atoms with Gasteiger partial charge in [0.25, 0.3) is 0 Å². The van der Waals surface area contributed by atoms with E-state index in [-0.39, 0.29) is 0 Å². The Morgan fingerprint density at radius 3 is 3.06 bits per heavy atom. The smallest absolute Gasteiger partial charge is 0.162 e. The molecule has 2 rings (SSSR count). The second kappa shape index (κ2) is 6.69. The highest BCUT2D eigenvalue weighted by Crippen LogP contribution is 2.18. The molecule has 0 aliphatic carbocycles. The summed E-state index contributed by atoms with van der Waals surface area (Å²) in [4.78, 5) is 12.1. The number of hydrogen-bond acceptors (Lipinski definition) is 2. The molecule has 1 atom stereocenters. The van der Waals surface area contributed by atoms with E-state index in [0.717, 1.165) is 31.5 Å². The van der Waals surface area contributed by atoms with E-state index in [9.17, 15) is 4.79 Å². The number of ketones is 1. The summed E-state index contributed by atoms with van der Waals surface area (Å²) in [6.07, 6.45) is 5.24. The van der Waals surface area contributed by atoms with Crippen molar-refractivity contribution in [3.8, 4) is 0 Å². The summed E-state index contributed by atoms with van der Waals surface area (Å²) in [5, 5.41) is 3.41. The van der Waals surface area contributed by atoms with Crippen LogP contribution in [0.3, 0.4) is 0 Å². The van der Waals surface area contributed by atoms with Gasteiger partial charge in [-0.3, -0.25) is 4.79 Å². The third-order valence-electron chi connectivity index (χ3n) is 3.84. The Labute approximate surface area is 110 Å². The van der Waals surface area contributed by atoms with E-state index in [0.29, 0.717) is 18.1 Å². The highest BCUT2D eigenvalue weighted by Gasteiger charge is 2.15. The molecule has 1 aliphatic rings. The molecule has 0 spiro atoms. The van der Waals surface area contributed by atoms with Gasteiger partial charge in [0.15, 0.2) is 5.78 Å². The van der Waals surface area contributed by atoms with Gasteiger partial charge in [-0.25, -0.2) is 0 Å². The van der Waals surface area contributed by atoms with Crippen LogP contribution in [-0.4, -0.2) is 18.9 Å². The fourth-order valence-electron chi connectivity index (χ4n) is 2.61. The van der Waals surface area contributed by atoms with Crippen molar-refractivity contribution in [2.45, 2.75) is 39.0 Å². The van der Waals surface area contributed by atoms with Crippen molar-refractivity contribution in [2.75, 3.05) is 13.1 Å². The Balaban J connectivity index is 1.86. The minimum absolute atomic E-state index is 0.302. The fraction of sp³-hybridized carbons (Fsp3) is 0.562. The number of carbonyl (C=O) groups excluding carboxylic acids is 1. The summed E-state index contributed by atoms with van der Waals surface area (Å²) in [6.45, 7) is 4.35. The van der Waals surface area contributed by atoms with Crippen LogP contribution in [0, 0.1) is 5.92 Å². The van der Waals surface area contributed by atoms with E-state index in [1.807, 2.05) is 18.2 Å². The number of aryl methyl sites for hydroxylation is 1. The van der Waals surface area contributed by atoms with Crippen molar-refractivity contribution in [1.82, 2.24) is 5.32 Å². The molecule has 18 heavy (non-hydrogen) atoms. The van der Waals surface area contributed by atoms with Crippen LogP contribution in [0.4, 0.5) is 0 Å². The van der Waals surface area contributed by atoms with Crippen molar-refractivity contribution in [2.24, 2.45) is 5.92 Å². The first-order valence-corrected chi connectivity index (χ1v) is 7.12. The van der Waals surface area contributed by atoms with E-state index < -0.39 is 0 Å². The van der Waals surface area contributed by atoms with E-state index in [4.69, 9.17) is 0 Å². The summed E-state index contributed by atoms with van der Waals surface area (Å²) < 4.78 is 0. The van der Waals surface area contributed by atoms with Gasteiger partial charge in [0, 0.05) is 12.0 Å². The maximum Gasteiger partial charge on any atom is 0.162 e. The molecule has 2 heteroatoms. The summed E-state index contributed by atoms with van der Waals surface area (Å²) >= 11 is 0. The lowest BCUT2D eigenvalue weighted by Crippen LogP contribution is -2.30. The van der Waals surface area contributed by atoms with Crippen LogP contribution in [0.2, 0.25) is 0 Å². The molecule has 0 bridgehead atoms. The Morgan fingerprint density at radius 1 is 1.44 bits per heavy atom. The molecule has 1 aromatic carbocycles. The van der Waals surface area contributed by atoms with Crippen LogP contribution in [0.15, 0.2) is 24.3 Å². The van der Waals surface area contributed by atoms with Gasteiger partial charge < -0.3 is 5.32 Å². The highest BCUT2D eigenvalue weighted by atomic mass is 16.1. The summed E-state index contributed by atoms with van der Waals surface area (Å²) in [6, 6.07) is 8.07. The van der Waals surface area contributed by atoms with Gasteiger partial charge in [0.2, 0.25) is 0 Å². The normalized spacial score (nSPS) is 19.7. The Bertz CT molecular complexity index is 394. The van der Waals surface area contributed by atoms with Crippen LogP contribution in [0.25, 0.3) is 0 Å². The zero-order chi connectivity index (χ0) is 12.8. The van der Waals surface area contributed by atoms with Crippen molar-refractivity contribution in [1.29, 1.82) is 0 Å². The Hall–Kier alpha value is -1.15. The molecule has 0 amide bonds. The second-order valence-corrected chi connectivity index (χ2v) is 5.23. The third-order valence-corrected chi connectivity index (χ3v) is 3.84. The predicted molar refractivity (Wildman–Crippen MR) is 75.0 cm³/mol. The molecular weight excluding hydrogens is 222 g/mol. The van der Waals surface area contributed by atoms with Gasteiger partial charge in [-0.2, -0.15) is 0 Å². The third kappa shape index (κ3) is 3.67. The number of benzene rings is 1. The first-order valence-electron chi connectivity index (χ1n) is 7.12. The minimum Gasteiger partial charge on any atom is -0.316 e. The molecule has 1 aliphatic heterocycles. The van der Waals surface area contributed by atoms with Crippen LogP contribution in [-0.2, 0) is 6.42 Å². The number of piperidine rings is 1. The zero-order valence-electron chi connectivity index (χ0n) is 11.2. The van der Waals surface area contributed by atoms with Gasteiger partial charge in [-0.1, -0.05) is 25.1 Å². The monoisotopic (exact) mass is 245 g/mol. The van der Waals surface area contributed by atoms with Crippen LogP contribution >= 0.6 is 0 Å². The Morgan fingerprint density at radius 2 is 2.33 bits per heavy atom. The molecule has 1 fully saturated rings. The number of hydrogen-bond donors (Lipinski definition) is 1. The molecule has 1 unspecified atom stereocenters. The van der Waals surface area contributed by atoms with E-state index >= 15 is 0 Å². The van der Waals surface area contributed by atoms with Gasteiger partial charge in [-0.05, 0) is 56.3 Å². The molecule has 98 valence electrons. The van der Waals surface area contributed by atoms with E-state index in [1.54, 1.807) is 0 Å². The molecular formula is C16H23NO. The first-order chi connectivity index (χ1) is 8.79. The lowest BCUT2D eigenvalue weighted by molar-refractivity contribution is 0.0971. The predicted octanol–water partition coefficient (Wildman–Crippen LogP) is 3.21. The van der Waals surface area contributed by atoms with Crippen LogP contribution in [0.1, 0.15) is 48.5 Å². The van der Waals surface area contributed by atoms with Gasteiger partial charge in [0.05, 0.1) is 0 Å². The molecule has 0 aromatic heterocycles. The minimum atomic E-state index is 0.302. The van der Waals surface area contributed by atoms with E-state index in [1.165, 1.54) is 18.4 Å². The summed E-state index contributed by atoms with van der Waals surface area (Å²) in [5.74, 6) is 0.993. The molecule has 1 N–H and O–H groups in total. The molecule has 0 radical (unpaired) electrons. The van der Waals surface area contributed by atoms with Crippen molar-refractivity contribution >= 4 is 5.78 Å². The second-order valence-electron chi connectivity index (χ2n) is 5.23. The topological polar surface area (TPSA) is 29.1 Å². The number of Topliss-reactive ketones (excluding diaryl/α,β-unsaturated/α-hetero) is 1. The van der Waals surface area contributed by atoms with E-state index in [2.05, 4.69) is 18.3 Å². The van der Waals surface area contributed by atoms with Crippen LogP contribution in [0.5, 0.6) is 0 Å². The number of carbonyl (C=O) groups is 1. The molecule has 0 saturated carbocycles. The SMILES string of the molecule is CCc1cccc(C(=O)CCC2CCCNC2)c1. The fourth-order valence-corrected chi connectivity index (χ4v) is 2.61. The summed E-state index contributed by atoms with van der Waals surface area (Å²) in [5.41, 5.74) is 2.14. The quantitative estimate of drug-likeness (QED) is 0.807. The maximum absolute atomic E-state index is 12.1. The molecule has 2 nitrogen and oxygen atoms in total. The van der Waals surface area contributed by atoms with Gasteiger partial charge in [0.1, 0.15) is 0 Å². The van der Waals surface area contributed by atoms with Gasteiger partial charge >= 0.3 is 0 Å².